The van der Waals surface area contributed by atoms with E-state index in [1.807, 2.05) is 6.92 Å². The predicted molar refractivity (Wildman–Crippen MR) is 82.1 cm³/mol. The predicted octanol–water partition coefficient (Wildman–Crippen LogP) is 2.23. The maximum Gasteiger partial charge on any atom is 0.313 e. The SMILES string of the molecule is CC1C=CC(C(=O)NCc2cccc(O)c2)=CC1(C)C(=O)O. The van der Waals surface area contributed by atoms with E-state index >= 15 is 0 Å². The summed E-state index contributed by atoms with van der Waals surface area (Å²) < 4.78 is 0. The second kappa shape index (κ2) is 6.05. The third kappa shape index (κ3) is 3.19. The molecule has 0 aromatic heterocycles. The summed E-state index contributed by atoms with van der Waals surface area (Å²) in [4.78, 5) is 23.6. The molecule has 0 saturated carbocycles. The van der Waals surface area contributed by atoms with E-state index < -0.39 is 11.4 Å². The van der Waals surface area contributed by atoms with E-state index in [0.717, 1.165) is 5.56 Å². The number of hydrogen-bond donors (Lipinski definition) is 3. The standard InChI is InChI=1S/C17H19NO4/c1-11-6-7-13(9-17(11,2)16(21)22)15(20)18-10-12-4-3-5-14(19)8-12/h3-9,11,19H,10H2,1-2H3,(H,18,20)(H,21,22). The largest absolute Gasteiger partial charge is 0.508 e. The van der Waals surface area contributed by atoms with Crippen LogP contribution in [0, 0.1) is 11.3 Å². The van der Waals surface area contributed by atoms with Crippen LogP contribution in [0.3, 0.4) is 0 Å². The van der Waals surface area contributed by atoms with Gasteiger partial charge in [-0.1, -0.05) is 37.3 Å². The van der Waals surface area contributed by atoms with Gasteiger partial charge in [-0.05, 0) is 30.5 Å². The summed E-state index contributed by atoms with van der Waals surface area (Å²) in [7, 11) is 0. The zero-order valence-corrected chi connectivity index (χ0v) is 12.5. The Kier molecular flexibility index (Phi) is 4.35. The molecule has 1 aromatic carbocycles. The Hall–Kier alpha value is -2.56. The van der Waals surface area contributed by atoms with Crippen molar-refractivity contribution in [1.29, 1.82) is 0 Å². The summed E-state index contributed by atoms with van der Waals surface area (Å²) in [5, 5.41) is 21.5. The molecule has 0 heterocycles. The molecule has 2 unspecified atom stereocenters. The first-order valence-electron chi connectivity index (χ1n) is 7.03. The molecule has 1 aliphatic rings. The van der Waals surface area contributed by atoms with Gasteiger partial charge in [0.2, 0.25) is 0 Å². The van der Waals surface area contributed by atoms with Crippen LogP contribution in [0.1, 0.15) is 19.4 Å². The van der Waals surface area contributed by atoms with Gasteiger partial charge in [-0.2, -0.15) is 0 Å². The monoisotopic (exact) mass is 301 g/mol. The van der Waals surface area contributed by atoms with Gasteiger partial charge >= 0.3 is 5.97 Å². The number of benzene rings is 1. The molecule has 0 bridgehead atoms. The van der Waals surface area contributed by atoms with E-state index in [0.29, 0.717) is 5.57 Å². The molecule has 1 aliphatic carbocycles. The summed E-state index contributed by atoms with van der Waals surface area (Å²) >= 11 is 0. The van der Waals surface area contributed by atoms with Crippen LogP contribution in [0.5, 0.6) is 5.75 Å². The average molecular weight is 301 g/mol. The number of hydrogen-bond acceptors (Lipinski definition) is 3. The van der Waals surface area contributed by atoms with E-state index in [4.69, 9.17) is 0 Å². The molecule has 22 heavy (non-hydrogen) atoms. The lowest BCUT2D eigenvalue weighted by Crippen LogP contribution is -2.35. The van der Waals surface area contributed by atoms with Gasteiger partial charge in [0.1, 0.15) is 5.75 Å². The molecule has 116 valence electrons. The van der Waals surface area contributed by atoms with Crippen LogP contribution in [-0.2, 0) is 16.1 Å². The van der Waals surface area contributed by atoms with E-state index in [9.17, 15) is 19.8 Å². The van der Waals surface area contributed by atoms with Gasteiger partial charge in [-0.3, -0.25) is 9.59 Å². The first-order valence-corrected chi connectivity index (χ1v) is 7.03. The van der Waals surface area contributed by atoms with Crippen molar-refractivity contribution >= 4 is 11.9 Å². The topological polar surface area (TPSA) is 86.6 Å². The van der Waals surface area contributed by atoms with Gasteiger partial charge in [-0.25, -0.2) is 0 Å². The van der Waals surface area contributed by atoms with Gasteiger partial charge in [0, 0.05) is 12.1 Å². The highest BCUT2D eigenvalue weighted by Gasteiger charge is 2.38. The highest BCUT2D eigenvalue weighted by Crippen LogP contribution is 2.35. The summed E-state index contributed by atoms with van der Waals surface area (Å²) in [5.41, 5.74) is 0.0122. The minimum absolute atomic E-state index is 0.135. The zero-order valence-electron chi connectivity index (χ0n) is 12.5. The summed E-state index contributed by atoms with van der Waals surface area (Å²) in [6.07, 6.45) is 4.88. The minimum Gasteiger partial charge on any atom is -0.508 e. The number of allylic oxidation sites excluding steroid dienone is 1. The van der Waals surface area contributed by atoms with Crippen molar-refractivity contribution < 1.29 is 19.8 Å². The van der Waals surface area contributed by atoms with Crippen molar-refractivity contribution in [1.82, 2.24) is 5.32 Å². The van der Waals surface area contributed by atoms with Gasteiger partial charge in [0.15, 0.2) is 0 Å². The van der Waals surface area contributed by atoms with Crippen molar-refractivity contribution in [2.24, 2.45) is 11.3 Å². The number of amides is 1. The highest BCUT2D eigenvalue weighted by atomic mass is 16.4. The number of nitrogens with one attached hydrogen (secondary N) is 1. The lowest BCUT2D eigenvalue weighted by molar-refractivity contribution is -0.146. The van der Waals surface area contributed by atoms with Gasteiger partial charge in [0.05, 0.1) is 5.41 Å². The molecule has 0 fully saturated rings. The average Bonchev–Trinajstić information content (AvgIpc) is 2.47. The van der Waals surface area contributed by atoms with Crippen LogP contribution in [0.2, 0.25) is 0 Å². The quantitative estimate of drug-likeness (QED) is 0.796. The van der Waals surface area contributed by atoms with Crippen molar-refractivity contribution in [2.45, 2.75) is 20.4 Å². The third-order valence-electron chi connectivity index (χ3n) is 4.05. The lowest BCUT2D eigenvalue weighted by atomic mass is 9.73. The Bertz CT molecular complexity index is 662. The number of aliphatic carboxylic acids is 1. The van der Waals surface area contributed by atoms with Gasteiger partial charge < -0.3 is 15.5 Å². The van der Waals surface area contributed by atoms with Crippen molar-refractivity contribution in [3.63, 3.8) is 0 Å². The maximum atomic E-state index is 12.2. The Morgan fingerprint density at radius 1 is 1.36 bits per heavy atom. The first-order chi connectivity index (χ1) is 10.3. The highest BCUT2D eigenvalue weighted by molar-refractivity contribution is 5.97. The Morgan fingerprint density at radius 3 is 2.73 bits per heavy atom. The fourth-order valence-corrected chi connectivity index (χ4v) is 2.30. The van der Waals surface area contributed by atoms with Crippen molar-refractivity contribution in [3.8, 4) is 5.75 Å². The normalized spacial score (nSPS) is 23.7. The smallest absolute Gasteiger partial charge is 0.313 e. The maximum absolute atomic E-state index is 12.2. The van der Waals surface area contributed by atoms with Crippen LogP contribution < -0.4 is 5.32 Å². The second-order valence-corrected chi connectivity index (χ2v) is 5.69. The number of rotatable bonds is 4. The Morgan fingerprint density at radius 2 is 2.09 bits per heavy atom. The van der Waals surface area contributed by atoms with Gasteiger partial charge in [-0.15, -0.1) is 0 Å². The second-order valence-electron chi connectivity index (χ2n) is 5.69. The third-order valence-corrected chi connectivity index (χ3v) is 4.05. The Balaban J connectivity index is 2.09. The van der Waals surface area contributed by atoms with E-state index in [1.54, 1.807) is 43.3 Å². The molecule has 0 aliphatic heterocycles. The van der Waals surface area contributed by atoms with E-state index in [1.165, 1.54) is 6.08 Å². The fourth-order valence-electron chi connectivity index (χ4n) is 2.30. The molecule has 0 radical (unpaired) electrons. The van der Waals surface area contributed by atoms with Crippen molar-refractivity contribution in [3.05, 3.63) is 53.6 Å². The summed E-state index contributed by atoms with van der Waals surface area (Å²) in [5.74, 6) is -1.34. The van der Waals surface area contributed by atoms with Crippen LogP contribution >= 0.6 is 0 Å². The lowest BCUT2D eigenvalue weighted by Gasteiger charge is -2.29. The van der Waals surface area contributed by atoms with E-state index in [2.05, 4.69) is 5.32 Å². The summed E-state index contributed by atoms with van der Waals surface area (Å²) in [6, 6.07) is 6.60. The molecule has 0 saturated heterocycles. The molecular weight excluding hydrogens is 282 g/mol. The van der Waals surface area contributed by atoms with Crippen LogP contribution in [-0.4, -0.2) is 22.1 Å². The van der Waals surface area contributed by atoms with Crippen LogP contribution in [0.25, 0.3) is 0 Å². The van der Waals surface area contributed by atoms with Crippen LogP contribution in [0.15, 0.2) is 48.1 Å². The molecule has 3 N–H and O–H groups in total. The number of carbonyl (C=O) groups excluding carboxylic acids is 1. The van der Waals surface area contributed by atoms with E-state index in [-0.39, 0.29) is 24.1 Å². The minimum atomic E-state index is -1.09. The number of carboxylic acids is 1. The zero-order chi connectivity index (χ0) is 16.3. The Labute approximate surface area is 129 Å². The number of phenolic OH excluding ortho intramolecular Hbond substituents is 1. The molecule has 2 atom stereocenters. The molecule has 5 nitrogen and oxygen atoms in total. The molecule has 1 amide bonds. The summed E-state index contributed by atoms with van der Waals surface area (Å²) in [6.45, 7) is 3.67. The number of carbonyl (C=O) groups is 2. The van der Waals surface area contributed by atoms with Crippen molar-refractivity contribution in [2.75, 3.05) is 0 Å². The number of aromatic hydroxyl groups is 1. The first kappa shape index (κ1) is 15.8. The fraction of sp³-hybridized carbons (Fsp3) is 0.294. The molecule has 2 rings (SSSR count). The van der Waals surface area contributed by atoms with Crippen LogP contribution in [0.4, 0.5) is 0 Å². The number of phenols is 1. The molecule has 1 aromatic rings. The number of carboxylic acid groups (broad SMARTS) is 1. The molecule has 5 heteroatoms. The van der Waals surface area contributed by atoms with Gasteiger partial charge in [0.25, 0.3) is 5.91 Å². The molecular formula is C17H19NO4. The molecule has 0 spiro atoms.